The highest BCUT2D eigenvalue weighted by Gasteiger charge is 2.24. The van der Waals surface area contributed by atoms with Gasteiger partial charge in [0.25, 0.3) is 0 Å². The number of halogens is 2. The summed E-state index contributed by atoms with van der Waals surface area (Å²) in [5.41, 5.74) is 0. The van der Waals surface area contributed by atoms with Crippen molar-refractivity contribution in [1.29, 1.82) is 0 Å². The second-order valence-corrected chi connectivity index (χ2v) is 6.02. The quantitative estimate of drug-likeness (QED) is 0.646. The van der Waals surface area contributed by atoms with Gasteiger partial charge in [0, 0.05) is 6.61 Å². The van der Waals surface area contributed by atoms with E-state index in [0.717, 1.165) is 0 Å². The molecular weight excluding hydrogens is 285 g/mol. The zero-order valence-electron chi connectivity index (χ0n) is 9.14. The van der Waals surface area contributed by atoms with Gasteiger partial charge in [0.05, 0.1) is 4.90 Å². The Morgan fingerprint density at radius 3 is 2.35 bits per heavy atom. The van der Waals surface area contributed by atoms with Crippen LogP contribution in [0.1, 0.15) is 6.92 Å². The number of alkyl halides is 2. The molecule has 96 valence electrons. The predicted molar refractivity (Wildman–Crippen MR) is 67.7 cm³/mol. The van der Waals surface area contributed by atoms with Gasteiger partial charge in [-0.2, -0.15) is 4.72 Å². The fourth-order valence-electron chi connectivity index (χ4n) is 1.16. The molecule has 1 aromatic rings. The van der Waals surface area contributed by atoms with Crippen molar-refractivity contribution in [2.45, 2.75) is 22.9 Å². The van der Waals surface area contributed by atoms with Crippen LogP contribution in [0.5, 0.6) is 0 Å². The molecule has 0 fully saturated rings. The molecule has 0 aliphatic carbocycles. The molecule has 4 nitrogen and oxygen atoms in total. The second-order valence-electron chi connectivity index (χ2n) is 3.14. The maximum atomic E-state index is 11.9. The lowest BCUT2D eigenvalue weighted by Crippen LogP contribution is -2.41. The lowest BCUT2D eigenvalue weighted by molar-refractivity contribution is 0.0648. The molecule has 1 atom stereocenters. The first kappa shape index (κ1) is 14.7. The van der Waals surface area contributed by atoms with Crippen LogP contribution in [0.2, 0.25) is 0 Å². The third kappa shape index (κ3) is 4.44. The summed E-state index contributed by atoms with van der Waals surface area (Å²) in [5, 5.41) is 0. The summed E-state index contributed by atoms with van der Waals surface area (Å²) in [6.07, 6.45) is -0.964. The smallest absolute Gasteiger partial charge is 0.242 e. The molecule has 0 saturated heterocycles. The Morgan fingerprint density at radius 2 is 1.88 bits per heavy atom. The molecule has 0 aromatic heterocycles. The van der Waals surface area contributed by atoms with Crippen LogP contribution in [0, 0.1) is 0 Å². The Labute approximate surface area is 111 Å². The Hall–Kier alpha value is -0.330. The van der Waals surface area contributed by atoms with Gasteiger partial charge in [0.1, 0.15) is 4.84 Å². The van der Waals surface area contributed by atoms with Crippen LogP contribution in [0.25, 0.3) is 0 Å². The maximum Gasteiger partial charge on any atom is 0.242 e. The number of benzene rings is 1. The van der Waals surface area contributed by atoms with Crippen LogP contribution in [-0.4, -0.2) is 26.1 Å². The zero-order chi connectivity index (χ0) is 12.9. The third-order valence-corrected chi connectivity index (χ3v) is 3.79. The van der Waals surface area contributed by atoms with Crippen molar-refractivity contribution >= 4 is 33.2 Å². The standard InChI is InChI=1S/C10H13Cl2NO3S/c1-2-16-10(9(11)12)13-17(14,15)8-6-4-3-5-7-8/h3-7,9-10,13H,2H2,1H3. The molecule has 0 radical (unpaired) electrons. The van der Waals surface area contributed by atoms with Crippen LogP contribution in [0.3, 0.4) is 0 Å². The SMILES string of the molecule is CCOC(NS(=O)(=O)c1ccccc1)C(Cl)Cl. The van der Waals surface area contributed by atoms with E-state index in [-0.39, 0.29) is 4.90 Å². The molecule has 0 saturated carbocycles. The van der Waals surface area contributed by atoms with Crippen molar-refractivity contribution in [1.82, 2.24) is 4.72 Å². The molecule has 0 bridgehead atoms. The number of hydrogen-bond donors (Lipinski definition) is 1. The number of sulfonamides is 1. The van der Waals surface area contributed by atoms with E-state index in [0.29, 0.717) is 6.61 Å². The zero-order valence-corrected chi connectivity index (χ0v) is 11.5. The van der Waals surface area contributed by atoms with Gasteiger partial charge in [-0.15, -0.1) is 23.2 Å². The van der Waals surface area contributed by atoms with Gasteiger partial charge < -0.3 is 4.74 Å². The average Bonchev–Trinajstić information content (AvgIpc) is 2.29. The van der Waals surface area contributed by atoms with Crippen LogP contribution in [0.15, 0.2) is 35.2 Å². The molecule has 17 heavy (non-hydrogen) atoms. The summed E-state index contributed by atoms with van der Waals surface area (Å²) >= 11 is 11.3. The van der Waals surface area contributed by atoms with Gasteiger partial charge in [-0.3, -0.25) is 0 Å². The molecular formula is C10H13Cl2NO3S. The van der Waals surface area contributed by atoms with Crippen molar-refractivity contribution in [2.75, 3.05) is 6.61 Å². The summed E-state index contributed by atoms with van der Waals surface area (Å²) in [7, 11) is -3.67. The van der Waals surface area contributed by atoms with Crippen LogP contribution in [0.4, 0.5) is 0 Å². The number of rotatable bonds is 6. The van der Waals surface area contributed by atoms with Gasteiger partial charge in [0.15, 0.2) is 6.23 Å². The fourth-order valence-corrected chi connectivity index (χ4v) is 2.74. The summed E-state index contributed by atoms with van der Waals surface area (Å²) in [6, 6.07) is 7.93. The summed E-state index contributed by atoms with van der Waals surface area (Å²) < 4.78 is 31.2. The van der Waals surface area contributed by atoms with E-state index >= 15 is 0 Å². The minimum absolute atomic E-state index is 0.138. The number of ether oxygens (including phenoxy) is 1. The Morgan fingerprint density at radius 1 is 1.29 bits per heavy atom. The molecule has 1 aromatic carbocycles. The highest BCUT2D eigenvalue weighted by molar-refractivity contribution is 7.89. The summed E-state index contributed by atoms with van der Waals surface area (Å²) in [5.74, 6) is 0. The molecule has 0 amide bonds. The van der Waals surface area contributed by atoms with Crippen molar-refractivity contribution in [3.05, 3.63) is 30.3 Å². The molecule has 0 aliphatic rings. The highest BCUT2D eigenvalue weighted by atomic mass is 35.5. The average molecular weight is 298 g/mol. The van der Waals surface area contributed by atoms with E-state index in [1.807, 2.05) is 0 Å². The predicted octanol–water partition coefficient (Wildman–Crippen LogP) is 2.13. The minimum Gasteiger partial charge on any atom is -0.360 e. The summed E-state index contributed by atoms with van der Waals surface area (Å²) in [6.45, 7) is 2.03. The Bertz CT molecular complexity index is 436. The lowest BCUT2D eigenvalue weighted by atomic mass is 10.4. The van der Waals surface area contributed by atoms with Gasteiger partial charge in [-0.05, 0) is 19.1 Å². The van der Waals surface area contributed by atoms with Gasteiger partial charge in [0.2, 0.25) is 10.0 Å². The molecule has 1 unspecified atom stereocenters. The molecule has 7 heteroatoms. The minimum atomic E-state index is -3.67. The normalized spacial score (nSPS) is 13.9. The van der Waals surface area contributed by atoms with Crippen LogP contribution in [-0.2, 0) is 14.8 Å². The van der Waals surface area contributed by atoms with Gasteiger partial charge >= 0.3 is 0 Å². The molecule has 1 N–H and O–H groups in total. The van der Waals surface area contributed by atoms with E-state index in [9.17, 15) is 8.42 Å². The van der Waals surface area contributed by atoms with Crippen LogP contribution >= 0.6 is 23.2 Å². The molecule has 0 spiro atoms. The molecule has 0 heterocycles. The number of hydrogen-bond acceptors (Lipinski definition) is 3. The monoisotopic (exact) mass is 297 g/mol. The van der Waals surface area contributed by atoms with E-state index in [4.69, 9.17) is 27.9 Å². The third-order valence-electron chi connectivity index (χ3n) is 1.90. The van der Waals surface area contributed by atoms with Gasteiger partial charge in [-0.25, -0.2) is 8.42 Å². The Balaban J connectivity index is 2.85. The molecule has 0 aliphatic heterocycles. The Kier molecular flexibility index (Phi) is 5.69. The first-order valence-electron chi connectivity index (χ1n) is 4.94. The maximum absolute atomic E-state index is 11.9. The molecule has 1 rings (SSSR count). The van der Waals surface area contributed by atoms with Crippen molar-refractivity contribution in [2.24, 2.45) is 0 Å². The largest absolute Gasteiger partial charge is 0.360 e. The van der Waals surface area contributed by atoms with Crippen molar-refractivity contribution in [3.63, 3.8) is 0 Å². The van der Waals surface area contributed by atoms with E-state index in [1.54, 1.807) is 25.1 Å². The van der Waals surface area contributed by atoms with Gasteiger partial charge in [-0.1, -0.05) is 18.2 Å². The van der Waals surface area contributed by atoms with E-state index in [2.05, 4.69) is 4.72 Å². The topological polar surface area (TPSA) is 55.4 Å². The van der Waals surface area contributed by atoms with Crippen molar-refractivity contribution < 1.29 is 13.2 Å². The second kappa shape index (κ2) is 6.56. The highest BCUT2D eigenvalue weighted by Crippen LogP contribution is 2.14. The van der Waals surface area contributed by atoms with Crippen LogP contribution < -0.4 is 4.72 Å². The summed E-state index contributed by atoms with van der Waals surface area (Å²) in [4.78, 5) is -0.841. The first-order chi connectivity index (χ1) is 7.97. The number of nitrogens with one attached hydrogen (secondary N) is 1. The first-order valence-corrected chi connectivity index (χ1v) is 7.30. The van der Waals surface area contributed by atoms with E-state index in [1.165, 1.54) is 12.1 Å². The lowest BCUT2D eigenvalue weighted by Gasteiger charge is -2.19. The van der Waals surface area contributed by atoms with E-state index < -0.39 is 21.1 Å². The fraction of sp³-hybridized carbons (Fsp3) is 0.400. The van der Waals surface area contributed by atoms with Crippen molar-refractivity contribution in [3.8, 4) is 0 Å².